The van der Waals surface area contributed by atoms with Crippen LogP contribution in [-0.4, -0.2) is 54.1 Å². The van der Waals surface area contributed by atoms with E-state index < -0.39 is 68.5 Å². The first-order valence-corrected chi connectivity index (χ1v) is 14.6. The Labute approximate surface area is 240 Å². The van der Waals surface area contributed by atoms with Crippen LogP contribution in [-0.2, 0) is 19.6 Å². The predicted octanol–water partition coefficient (Wildman–Crippen LogP) is 8.46. The van der Waals surface area contributed by atoms with Crippen molar-refractivity contribution in [3.8, 4) is 0 Å². The molecule has 0 aromatic carbocycles. The van der Waals surface area contributed by atoms with Crippen LogP contribution in [0.3, 0.4) is 0 Å². The maximum atomic E-state index is 15.3. The maximum Gasteiger partial charge on any atom is 0.460 e. The lowest BCUT2D eigenvalue weighted by molar-refractivity contribution is -0.519. The molecule has 0 spiro atoms. The molecule has 42 heavy (non-hydrogen) atoms. The van der Waals surface area contributed by atoms with Gasteiger partial charge in [-0.2, -0.15) is 52.3 Å². The number of halogens is 10. The second-order valence-electron chi connectivity index (χ2n) is 12.8. The van der Waals surface area contributed by atoms with Crippen molar-refractivity contribution in [3.63, 3.8) is 0 Å². The van der Waals surface area contributed by atoms with E-state index in [-0.39, 0.29) is 24.7 Å². The molecule has 3 N–H and O–H groups in total. The third kappa shape index (κ3) is 8.42. The van der Waals surface area contributed by atoms with Crippen LogP contribution >= 0.6 is 0 Å². The Kier molecular flexibility index (Phi) is 12.2. The van der Waals surface area contributed by atoms with Gasteiger partial charge >= 0.3 is 39.6 Å². The van der Waals surface area contributed by atoms with Gasteiger partial charge in [0, 0.05) is 11.0 Å². The first kappa shape index (κ1) is 41.1. The zero-order chi connectivity index (χ0) is 34.2. The van der Waals surface area contributed by atoms with Gasteiger partial charge in [0.15, 0.2) is 0 Å². The first-order valence-electron chi connectivity index (χ1n) is 13.2. The van der Waals surface area contributed by atoms with Gasteiger partial charge in [0.05, 0.1) is 6.10 Å². The number of hydrogen-bond acceptors (Lipinski definition) is 5. The highest BCUT2D eigenvalue weighted by Crippen LogP contribution is 2.55. The summed E-state index contributed by atoms with van der Waals surface area (Å²) in [5, 5.41) is -6.97. The molecule has 17 heteroatoms. The summed E-state index contributed by atoms with van der Waals surface area (Å²) in [6.45, 7) is 14.4. The Hall–Kier alpha value is -0.910. The van der Waals surface area contributed by atoms with Crippen molar-refractivity contribution in [2.75, 3.05) is 0 Å². The average Bonchev–Trinajstić information content (AvgIpc) is 2.79. The molecule has 254 valence electrons. The number of rotatable bonds is 17. The summed E-state index contributed by atoms with van der Waals surface area (Å²) >= 11 is 0. The van der Waals surface area contributed by atoms with Gasteiger partial charge in [-0.15, -0.1) is 0 Å². The molecule has 6 nitrogen and oxygen atoms in total. The van der Waals surface area contributed by atoms with Crippen LogP contribution in [0.5, 0.6) is 0 Å². The van der Waals surface area contributed by atoms with Crippen molar-refractivity contribution in [2.24, 2.45) is 22.0 Å². The van der Waals surface area contributed by atoms with E-state index in [9.17, 15) is 39.2 Å². The van der Waals surface area contributed by atoms with Gasteiger partial charge in [-0.1, -0.05) is 68.2 Å². The number of nitrogens with two attached hydrogens (primary N) is 1. The minimum atomic E-state index is -7.29. The van der Waals surface area contributed by atoms with Crippen molar-refractivity contribution in [1.29, 1.82) is 0 Å². The van der Waals surface area contributed by atoms with E-state index in [4.69, 9.17) is 10.3 Å². The first-order chi connectivity index (χ1) is 18.2. The second-order valence-corrected chi connectivity index (χ2v) is 14.2. The summed E-state index contributed by atoms with van der Waals surface area (Å²) in [6, 6.07) is 0. The lowest BCUT2D eigenvalue weighted by atomic mass is 9.61. The van der Waals surface area contributed by atoms with Crippen LogP contribution in [0.15, 0.2) is 0 Å². The molecule has 0 fully saturated rings. The van der Waals surface area contributed by atoms with E-state index in [1.54, 1.807) is 6.92 Å². The van der Waals surface area contributed by atoms with Crippen molar-refractivity contribution in [3.05, 3.63) is 0 Å². The molecule has 0 aromatic rings. The maximum absolute atomic E-state index is 15.3. The van der Waals surface area contributed by atoms with Gasteiger partial charge < -0.3 is 10.5 Å². The van der Waals surface area contributed by atoms with Crippen LogP contribution in [0, 0.1) is 16.2 Å². The van der Waals surface area contributed by atoms with Crippen molar-refractivity contribution in [2.45, 2.75) is 142 Å². The van der Waals surface area contributed by atoms with Crippen molar-refractivity contribution < 1.29 is 66.3 Å². The van der Waals surface area contributed by atoms with Gasteiger partial charge in [0.1, 0.15) is 0 Å². The molecule has 4 unspecified atom stereocenters. The lowest BCUT2D eigenvalue weighted by Gasteiger charge is -2.52. The average molecular weight is 660 g/mol. The van der Waals surface area contributed by atoms with Crippen LogP contribution in [0.25, 0.3) is 0 Å². The van der Waals surface area contributed by atoms with Crippen molar-refractivity contribution in [1.82, 2.24) is 0 Å². The summed E-state index contributed by atoms with van der Waals surface area (Å²) in [4.78, 5) is 0. The van der Waals surface area contributed by atoms with Gasteiger partial charge in [-0.05, 0) is 43.4 Å². The monoisotopic (exact) mass is 659 g/mol. The van der Waals surface area contributed by atoms with Gasteiger partial charge in [0.25, 0.3) is 0 Å². The molecule has 0 amide bonds. The molecule has 0 aromatic heterocycles. The second kappa shape index (κ2) is 12.5. The van der Waals surface area contributed by atoms with E-state index in [2.05, 4.69) is 9.47 Å². The van der Waals surface area contributed by atoms with Crippen LogP contribution in [0.1, 0.15) is 101 Å². The molecule has 0 saturated carbocycles. The summed E-state index contributed by atoms with van der Waals surface area (Å²) in [5.74, 6) is -7.03. The van der Waals surface area contributed by atoms with Crippen LogP contribution in [0.4, 0.5) is 43.9 Å². The molecule has 0 rings (SSSR count). The zero-order valence-corrected chi connectivity index (χ0v) is 26.0. The van der Waals surface area contributed by atoms with E-state index in [0.29, 0.717) is 12.8 Å². The molecule has 0 radical (unpaired) electrons. The summed E-state index contributed by atoms with van der Waals surface area (Å²) in [5.41, 5.74) is 2.06. The lowest BCUT2D eigenvalue weighted by Crippen LogP contribution is -2.67. The van der Waals surface area contributed by atoms with E-state index in [0.717, 1.165) is 0 Å². The fourth-order valence-corrected chi connectivity index (χ4v) is 4.37. The Morgan fingerprint density at radius 1 is 0.714 bits per heavy atom. The molecule has 0 saturated heterocycles. The van der Waals surface area contributed by atoms with E-state index >= 15 is 13.2 Å². The van der Waals surface area contributed by atoms with Gasteiger partial charge in [0.2, 0.25) is 0 Å². The number of hydrogen-bond donors (Lipinski definition) is 2. The fourth-order valence-electron chi connectivity index (χ4n) is 4.03. The number of alkyl halides is 10. The fraction of sp³-hybridized carbons (Fsp3) is 1.00. The Morgan fingerprint density at radius 2 is 1.14 bits per heavy atom. The van der Waals surface area contributed by atoms with Crippen molar-refractivity contribution >= 4 is 10.1 Å². The Bertz CT molecular complexity index is 1020. The van der Waals surface area contributed by atoms with Gasteiger partial charge in [-0.25, -0.2) is 0 Å². The molecule has 0 aliphatic rings. The molecule has 4 atom stereocenters. The third-order valence-electron chi connectivity index (χ3n) is 8.68. The molecule has 0 heterocycles. The predicted molar refractivity (Wildman–Crippen MR) is 135 cm³/mol. The molecule has 0 aliphatic heterocycles. The smallest absolute Gasteiger partial charge is 0.325 e. The van der Waals surface area contributed by atoms with Crippen LogP contribution in [0.2, 0.25) is 0 Å². The van der Waals surface area contributed by atoms with Crippen LogP contribution < -0.4 is 5.73 Å². The quantitative estimate of drug-likeness (QED) is 0.120. The molecular formula is C25H43F10NO5S. The standard InChI is InChI=1S/C25H43F10NO5S/c1-10-17(4,5)13-14-20(9,36)19(8,12-3)16(15-18(6,7)11-2)40-23(30,31)21(26,22(27,28)29)41-24(32,33)25(34,35)42(37,38)39/h16H,10-15,36H2,1-9H3,(H,37,38,39). The highest BCUT2D eigenvalue weighted by atomic mass is 32.2. The normalized spacial score (nSPS) is 20.0. The summed E-state index contributed by atoms with van der Waals surface area (Å²) in [6.07, 6.45) is -22.2. The van der Waals surface area contributed by atoms with E-state index in [1.807, 2.05) is 20.8 Å². The molecular weight excluding hydrogens is 616 g/mol. The third-order valence-corrected chi connectivity index (χ3v) is 9.57. The molecule has 0 aliphatic carbocycles. The topological polar surface area (TPSA) is 98.9 Å². The summed E-state index contributed by atoms with van der Waals surface area (Å²) < 4.78 is 179. The minimum absolute atomic E-state index is 0.103. The SMILES string of the molecule is CCC(C)(C)CCC(C)(N)C(C)(CC)C(CC(C)(C)CC)OC(F)(F)C(F)(OC(F)(F)C(F)(F)S(=O)(=O)O)C(F)(F)F. The Balaban J connectivity index is 7.15. The number of ether oxygens (including phenoxy) is 2. The molecule has 0 bridgehead atoms. The highest BCUT2D eigenvalue weighted by molar-refractivity contribution is 7.86. The van der Waals surface area contributed by atoms with Gasteiger partial charge in [-0.3, -0.25) is 9.29 Å². The zero-order valence-electron chi connectivity index (χ0n) is 25.2. The van der Waals surface area contributed by atoms with E-state index in [1.165, 1.54) is 34.6 Å². The summed E-state index contributed by atoms with van der Waals surface area (Å²) in [7, 11) is -7.29. The minimum Gasteiger partial charge on any atom is -0.325 e. The largest absolute Gasteiger partial charge is 0.460 e. The Morgan fingerprint density at radius 3 is 1.48 bits per heavy atom. The highest BCUT2D eigenvalue weighted by Gasteiger charge is 2.82.